The molecule has 1 atom stereocenters. The minimum absolute atomic E-state index is 0.320. The van der Waals surface area contributed by atoms with Crippen molar-refractivity contribution in [3.8, 4) is 0 Å². The van der Waals surface area contributed by atoms with Crippen LogP contribution in [0.25, 0.3) is 0 Å². The average molecular weight is 262 g/mol. The number of para-hydroxylation sites is 1. The Morgan fingerprint density at radius 3 is 2.89 bits per heavy atom. The number of carboxylic acid groups (broad SMARTS) is 1. The number of benzene rings is 1. The lowest BCUT2D eigenvalue weighted by atomic mass is 10.0. The van der Waals surface area contributed by atoms with E-state index in [0.717, 1.165) is 25.8 Å². The van der Waals surface area contributed by atoms with Crippen molar-refractivity contribution < 1.29 is 9.90 Å². The standard InChI is InChI=1S/C15H22N2O2/c1-2-11-7-4-3-5-10-17(11)14-12(15(18)19)8-6-9-13(14)16/h6,8-9,11H,2-5,7,10,16H2,1H3,(H,18,19). The molecule has 1 heterocycles. The van der Waals surface area contributed by atoms with Gasteiger partial charge in [0.15, 0.2) is 0 Å². The molecule has 2 rings (SSSR count). The summed E-state index contributed by atoms with van der Waals surface area (Å²) in [6, 6.07) is 5.54. The maximum absolute atomic E-state index is 11.4. The topological polar surface area (TPSA) is 66.6 Å². The Kier molecular flexibility index (Phi) is 4.30. The van der Waals surface area contributed by atoms with Crippen LogP contribution in [-0.4, -0.2) is 23.7 Å². The molecule has 1 saturated heterocycles. The van der Waals surface area contributed by atoms with Gasteiger partial charge in [0.05, 0.1) is 16.9 Å². The summed E-state index contributed by atoms with van der Waals surface area (Å²) < 4.78 is 0. The zero-order valence-corrected chi connectivity index (χ0v) is 11.4. The fraction of sp³-hybridized carbons (Fsp3) is 0.533. The van der Waals surface area contributed by atoms with Crippen LogP contribution in [0.15, 0.2) is 18.2 Å². The maximum atomic E-state index is 11.4. The van der Waals surface area contributed by atoms with Gasteiger partial charge in [-0.05, 0) is 31.4 Å². The third-order valence-electron chi connectivity index (χ3n) is 3.93. The Bertz CT molecular complexity index is 459. The molecule has 1 aromatic carbocycles. The van der Waals surface area contributed by atoms with Crippen molar-refractivity contribution in [3.05, 3.63) is 23.8 Å². The van der Waals surface area contributed by atoms with Gasteiger partial charge in [0.2, 0.25) is 0 Å². The Morgan fingerprint density at radius 1 is 1.42 bits per heavy atom. The molecule has 1 aliphatic rings. The molecule has 0 spiro atoms. The fourth-order valence-corrected chi connectivity index (χ4v) is 2.95. The van der Waals surface area contributed by atoms with Crippen LogP contribution in [0.2, 0.25) is 0 Å². The van der Waals surface area contributed by atoms with E-state index in [-0.39, 0.29) is 0 Å². The summed E-state index contributed by atoms with van der Waals surface area (Å²) in [6.07, 6.45) is 5.66. The van der Waals surface area contributed by atoms with Gasteiger partial charge in [-0.2, -0.15) is 0 Å². The van der Waals surface area contributed by atoms with Crippen molar-refractivity contribution in [1.29, 1.82) is 0 Å². The SMILES string of the molecule is CCC1CCCCCN1c1c(N)cccc1C(=O)O. The van der Waals surface area contributed by atoms with Crippen LogP contribution in [0, 0.1) is 0 Å². The van der Waals surface area contributed by atoms with Crippen LogP contribution in [0.5, 0.6) is 0 Å². The lowest BCUT2D eigenvalue weighted by molar-refractivity contribution is 0.0697. The minimum atomic E-state index is -0.901. The molecule has 0 bridgehead atoms. The molecule has 104 valence electrons. The highest BCUT2D eigenvalue weighted by atomic mass is 16.4. The second-order valence-corrected chi connectivity index (χ2v) is 5.15. The summed E-state index contributed by atoms with van der Waals surface area (Å²) in [7, 11) is 0. The zero-order chi connectivity index (χ0) is 13.8. The predicted molar refractivity (Wildman–Crippen MR) is 77.7 cm³/mol. The summed E-state index contributed by atoms with van der Waals surface area (Å²) in [6.45, 7) is 3.05. The molecule has 1 unspecified atom stereocenters. The first-order valence-corrected chi connectivity index (χ1v) is 7.03. The molecule has 1 fully saturated rings. The number of carbonyl (C=O) groups is 1. The quantitative estimate of drug-likeness (QED) is 0.821. The maximum Gasteiger partial charge on any atom is 0.337 e. The van der Waals surface area contributed by atoms with E-state index in [4.69, 9.17) is 5.73 Å². The second-order valence-electron chi connectivity index (χ2n) is 5.15. The number of hydrogen-bond acceptors (Lipinski definition) is 3. The number of nitrogens with zero attached hydrogens (tertiary/aromatic N) is 1. The van der Waals surface area contributed by atoms with E-state index >= 15 is 0 Å². The molecule has 0 aliphatic carbocycles. The molecule has 0 radical (unpaired) electrons. The molecule has 0 saturated carbocycles. The van der Waals surface area contributed by atoms with Crippen LogP contribution in [0.4, 0.5) is 11.4 Å². The molecule has 4 nitrogen and oxygen atoms in total. The first-order valence-electron chi connectivity index (χ1n) is 7.03. The van der Waals surface area contributed by atoms with E-state index in [9.17, 15) is 9.90 Å². The molecular formula is C15H22N2O2. The van der Waals surface area contributed by atoms with E-state index in [0.29, 0.717) is 23.0 Å². The molecular weight excluding hydrogens is 240 g/mol. The number of carboxylic acids is 1. The minimum Gasteiger partial charge on any atom is -0.478 e. The van der Waals surface area contributed by atoms with Crippen molar-refractivity contribution >= 4 is 17.3 Å². The first-order chi connectivity index (χ1) is 9.15. The lowest BCUT2D eigenvalue weighted by Gasteiger charge is -2.33. The molecule has 0 aromatic heterocycles. The van der Waals surface area contributed by atoms with Gasteiger partial charge < -0.3 is 15.7 Å². The van der Waals surface area contributed by atoms with Gasteiger partial charge >= 0.3 is 5.97 Å². The molecule has 19 heavy (non-hydrogen) atoms. The van der Waals surface area contributed by atoms with Gasteiger partial charge in [-0.1, -0.05) is 25.8 Å². The average Bonchev–Trinajstić information content (AvgIpc) is 2.63. The van der Waals surface area contributed by atoms with Crippen molar-refractivity contribution in [1.82, 2.24) is 0 Å². The van der Waals surface area contributed by atoms with Crippen molar-refractivity contribution in [2.75, 3.05) is 17.2 Å². The molecule has 1 aliphatic heterocycles. The monoisotopic (exact) mass is 262 g/mol. The normalized spacial score (nSPS) is 20.1. The van der Waals surface area contributed by atoms with Gasteiger partial charge in [0.1, 0.15) is 0 Å². The summed E-state index contributed by atoms with van der Waals surface area (Å²) in [5, 5.41) is 9.37. The number of nitrogens with two attached hydrogens (primary N) is 1. The highest BCUT2D eigenvalue weighted by Crippen LogP contribution is 2.33. The zero-order valence-electron chi connectivity index (χ0n) is 11.4. The van der Waals surface area contributed by atoms with E-state index in [1.54, 1.807) is 18.2 Å². The van der Waals surface area contributed by atoms with Crippen LogP contribution in [-0.2, 0) is 0 Å². The van der Waals surface area contributed by atoms with Crippen molar-refractivity contribution in [3.63, 3.8) is 0 Å². The third kappa shape index (κ3) is 2.83. The van der Waals surface area contributed by atoms with E-state index in [2.05, 4.69) is 11.8 Å². The summed E-state index contributed by atoms with van der Waals surface area (Å²) in [5.74, 6) is -0.901. The van der Waals surface area contributed by atoms with Gasteiger partial charge in [-0.3, -0.25) is 0 Å². The summed E-state index contributed by atoms with van der Waals surface area (Å²) in [5.41, 5.74) is 7.65. The Morgan fingerprint density at radius 2 is 2.21 bits per heavy atom. The molecule has 4 heteroatoms. The number of hydrogen-bond donors (Lipinski definition) is 2. The van der Waals surface area contributed by atoms with Crippen LogP contribution in [0.3, 0.4) is 0 Å². The Balaban J connectivity index is 2.45. The smallest absolute Gasteiger partial charge is 0.337 e. The van der Waals surface area contributed by atoms with E-state index in [1.807, 2.05) is 0 Å². The molecule has 0 amide bonds. The van der Waals surface area contributed by atoms with Crippen LogP contribution < -0.4 is 10.6 Å². The van der Waals surface area contributed by atoms with Gasteiger partial charge in [-0.25, -0.2) is 4.79 Å². The van der Waals surface area contributed by atoms with Gasteiger partial charge in [-0.15, -0.1) is 0 Å². The predicted octanol–water partition coefficient (Wildman–Crippen LogP) is 3.13. The highest BCUT2D eigenvalue weighted by molar-refractivity contribution is 5.98. The van der Waals surface area contributed by atoms with Crippen LogP contribution >= 0.6 is 0 Å². The van der Waals surface area contributed by atoms with Gasteiger partial charge in [0, 0.05) is 12.6 Å². The number of aromatic carboxylic acids is 1. The summed E-state index contributed by atoms with van der Waals surface area (Å²) >= 11 is 0. The second kappa shape index (κ2) is 5.95. The third-order valence-corrected chi connectivity index (χ3v) is 3.93. The first kappa shape index (κ1) is 13.7. The molecule has 3 N–H and O–H groups in total. The van der Waals surface area contributed by atoms with Crippen LogP contribution in [0.1, 0.15) is 49.4 Å². The Labute approximate surface area is 114 Å². The molecule has 1 aromatic rings. The number of anilines is 2. The summed E-state index contributed by atoms with van der Waals surface area (Å²) in [4.78, 5) is 13.6. The van der Waals surface area contributed by atoms with Gasteiger partial charge in [0.25, 0.3) is 0 Å². The fourth-order valence-electron chi connectivity index (χ4n) is 2.95. The van der Waals surface area contributed by atoms with E-state index in [1.165, 1.54) is 12.8 Å². The number of rotatable bonds is 3. The lowest BCUT2D eigenvalue weighted by Crippen LogP contribution is -2.36. The number of nitrogen functional groups attached to an aromatic ring is 1. The van der Waals surface area contributed by atoms with Crippen molar-refractivity contribution in [2.45, 2.75) is 45.1 Å². The largest absolute Gasteiger partial charge is 0.478 e. The van der Waals surface area contributed by atoms with E-state index < -0.39 is 5.97 Å². The highest BCUT2D eigenvalue weighted by Gasteiger charge is 2.25. The Hall–Kier alpha value is -1.71. The van der Waals surface area contributed by atoms with Crippen molar-refractivity contribution in [2.24, 2.45) is 0 Å².